The maximum Gasteiger partial charge on any atom is 0.349 e. The van der Waals surface area contributed by atoms with E-state index in [1.54, 1.807) is 11.8 Å². The average Bonchev–Trinajstić information content (AvgIpc) is 3.11. The molecule has 0 spiro atoms. The highest BCUT2D eigenvalue weighted by Gasteiger charge is 2.36. The van der Waals surface area contributed by atoms with Crippen LogP contribution in [0.1, 0.15) is 58.2 Å². The summed E-state index contributed by atoms with van der Waals surface area (Å²) >= 11 is 0. The van der Waals surface area contributed by atoms with Gasteiger partial charge in [0.25, 0.3) is 5.91 Å². The van der Waals surface area contributed by atoms with Gasteiger partial charge in [-0.3, -0.25) is 9.89 Å². The van der Waals surface area contributed by atoms with Crippen molar-refractivity contribution in [2.24, 2.45) is 5.92 Å². The van der Waals surface area contributed by atoms with Gasteiger partial charge in [0, 0.05) is 30.6 Å². The molecule has 7 nitrogen and oxygen atoms in total. The summed E-state index contributed by atoms with van der Waals surface area (Å²) in [7, 11) is 0. The van der Waals surface area contributed by atoms with Crippen molar-refractivity contribution in [2.75, 3.05) is 13.1 Å². The molecule has 0 aromatic carbocycles. The number of hydrogen-bond acceptors (Lipinski definition) is 5. The van der Waals surface area contributed by atoms with Crippen LogP contribution in [0.5, 0.6) is 0 Å². The third kappa shape index (κ3) is 3.43. The molecule has 1 saturated carbocycles. The number of aliphatic hydroxyl groups is 1. The SMILES string of the molecule is Cc1cc(C[C@@H]2CN(C(=O)c3c(C)cc(C4CCC4)oc3=O)C[C@H]2O)n[nH]1. The van der Waals surface area contributed by atoms with Crippen molar-refractivity contribution >= 4 is 5.91 Å². The van der Waals surface area contributed by atoms with Crippen LogP contribution in [-0.2, 0) is 6.42 Å². The summed E-state index contributed by atoms with van der Waals surface area (Å²) in [6.07, 6.45) is 3.16. The molecule has 1 amide bonds. The Labute approximate surface area is 157 Å². The molecule has 7 heteroatoms. The van der Waals surface area contributed by atoms with Gasteiger partial charge < -0.3 is 14.4 Å². The largest absolute Gasteiger partial charge is 0.427 e. The highest BCUT2D eigenvalue weighted by molar-refractivity contribution is 5.95. The number of H-pyrrole nitrogens is 1. The molecule has 4 rings (SSSR count). The lowest BCUT2D eigenvalue weighted by molar-refractivity contribution is 0.0758. The molecule has 0 radical (unpaired) electrons. The van der Waals surface area contributed by atoms with Gasteiger partial charge in [0.1, 0.15) is 11.3 Å². The maximum atomic E-state index is 12.9. The zero-order valence-electron chi connectivity index (χ0n) is 15.7. The van der Waals surface area contributed by atoms with Crippen LogP contribution in [0.4, 0.5) is 0 Å². The molecule has 1 saturated heterocycles. The number of aromatic amines is 1. The molecule has 0 unspecified atom stereocenters. The first-order valence-electron chi connectivity index (χ1n) is 9.55. The lowest BCUT2D eigenvalue weighted by atomic mass is 9.83. The second-order valence-electron chi connectivity index (χ2n) is 7.91. The van der Waals surface area contributed by atoms with Crippen LogP contribution in [-0.4, -0.2) is 45.3 Å². The average molecular weight is 371 g/mol. The summed E-state index contributed by atoms with van der Waals surface area (Å²) in [5, 5.41) is 17.5. The van der Waals surface area contributed by atoms with Gasteiger partial charge in [0.15, 0.2) is 0 Å². The van der Waals surface area contributed by atoms with Crippen LogP contribution in [0, 0.1) is 19.8 Å². The van der Waals surface area contributed by atoms with E-state index in [0.717, 1.165) is 30.7 Å². The van der Waals surface area contributed by atoms with Crippen molar-refractivity contribution in [3.63, 3.8) is 0 Å². The molecule has 0 bridgehead atoms. The van der Waals surface area contributed by atoms with E-state index >= 15 is 0 Å². The van der Waals surface area contributed by atoms with Gasteiger partial charge in [-0.15, -0.1) is 0 Å². The Morgan fingerprint density at radius 2 is 2.11 bits per heavy atom. The molecule has 2 atom stereocenters. The van der Waals surface area contributed by atoms with E-state index in [9.17, 15) is 14.7 Å². The molecular formula is C20H25N3O4. The summed E-state index contributed by atoms with van der Waals surface area (Å²) in [5.74, 6) is 0.531. The van der Waals surface area contributed by atoms with Crippen LogP contribution in [0.3, 0.4) is 0 Å². The summed E-state index contributed by atoms with van der Waals surface area (Å²) in [6, 6.07) is 3.77. The first kappa shape index (κ1) is 18.0. The van der Waals surface area contributed by atoms with Gasteiger partial charge in [0.05, 0.1) is 11.8 Å². The molecule has 2 aromatic heterocycles. The molecule has 3 heterocycles. The van der Waals surface area contributed by atoms with Crippen LogP contribution in [0.2, 0.25) is 0 Å². The molecule has 2 aliphatic rings. The minimum atomic E-state index is -0.632. The van der Waals surface area contributed by atoms with Crippen molar-refractivity contribution in [1.82, 2.24) is 15.1 Å². The van der Waals surface area contributed by atoms with Crippen molar-refractivity contribution in [3.8, 4) is 0 Å². The number of likely N-dealkylation sites (tertiary alicyclic amines) is 1. The van der Waals surface area contributed by atoms with Crippen LogP contribution < -0.4 is 5.63 Å². The number of β-amino-alcohol motifs (C(OH)–C–C–N with tert-alkyl or cyclic N) is 1. The second-order valence-corrected chi connectivity index (χ2v) is 7.91. The summed E-state index contributed by atoms with van der Waals surface area (Å²) in [5.41, 5.74) is 2.00. The Morgan fingerprint density at radius 1 is 1.33 bits per heavy atom. The van der Waals surface area contributed by atoms with Crippen molar-refractivity contribution in [1.29, 1.82) is 0 Å². The zero-order chi connectivity index (χ0) is 19.1. The number of nitrogens with one attached hydrogen (secondary N) is 1. The van der Waals surface area contributed by atoms with E-state index in [-0.39, 0.29) is 23.9 Å². The standard InChI is InChI=1S/C20H25N3O4/c1-11-6-17(13-4-3-5-13)27-20(26)18(11)19(25)23-9-14(16(24)10-23)8-15-7-12(2)21-22-15/h6-7,13-14,16,24H,3-5,8-10H2,1-2H3,(H,21,22)/t14-,16-/m1/s1. The van der Waals surface area contributed by atoms with E-state index in [1.807, 2.05) is 19.1 Å². The smallest absolute Gasteiger partial charge is 0.349 e. The van der Waals surface area contributed by atoms with Crippen LogP contribution in [0.25, 0.3) is 0 Å². The lowest BCUT2D eigenvalue weighted by Crippen LogP contribution is -2.34. The van der Waals surface area contributed by atoms with Crippen molar-refractivity contribution in [3.05, 3.63) is 50.8 Å². The summed E-state index contributed by atoms with van der Waals surface area (Å²) in [6.45, 7) is 4.32. The zero-order valence-corrected chi connectivity index (χ0v) is 15.7. The van der Waals surface area contributed by atoms with E-state index in [1.165, 1.54) is 0 Å². The summed E-state index contributed by atoms with van der Waals surface area (Å²) < 4.78 is 5.45. The number of aryl methyl sites for hydroxylation is 2. The third-order valence-electron chi connectivity index (χ3n) is 5.81. The number of amides is 1. The third-order valence-corrected chi connectivity index (χ3v) is 5.81. The predicted molar refractivity (Wildman–Crippen MR) is 98.7 cm³/mol. The Bertz CT molecular complexity index is 912. The van der Waals surface area contributed by atoms with E-state index < -0.39 is 11.7 Å². The first-order chi connectivity index (χ1) is 12.9. The molecule has 1 aliphatic carbocycles. The first-order valence-corrected chi connectivity index (χ1v) is 9.55. The lowest BCUT2D eigenvalue weighted by Gasteiger charge is -2.24. The van der Waals surface area contributed by atoms with Crippen molar-refractivity contribution < 1.29 is 14.3 Å². The minimum Gasteiger partial charge on any atom is -0.427 e. The molecular weight excluding hydrogens is 346 g/mol. The Morgan fingerprint density at radius 3 is 2.70 bits per heavy atom. The van der Waals surface area contributed by atoms with Gasteiger partial charge in [0.2, 0.25) is 0 Å². The van der Waals surface area contributed by atoms with E-state index in [2.05, 4.69) is 10.2 Å². The Balaban J connectivity index is 1.50. The van der Waals surface area contributed by atoms with E-state index in [0.29, 0.717) is 30.2 Å². The number of hydrogen-bond donors (Lipinski definition) is 2. The molecule has 2 N–H and O–H groups in total. The quantitative estimate of drug-likeness (QED) is 0.855. The molecule has 144 valence electrons. The molecule has 1 aliphatic heterocycles. The van der Waals surface area contributed by atoms with Crippen LogP contribution >= 0.6 is 0 Å². The topological polar surface area (TPSA) is 99.4 Å². The van der Waals surface area contributed by atoms with Gasteiger partial charge in [-0.1, -0.05) is 6.42 Å². The Kier molecular flexibility index (Phi) is 4.63. The normalized spacial score (nSPS) is 22.9. The fourth-order valence-electron chi connectivity index (χ4n) is 4.01. The van der Waals surface area contributed by atoms with Gasteiger partial charge in [-0.25, -0.2) is 4.79 Å². The fourth-order valence-corrected chi connectivity index (χ4v) is 4.01. The second kappa shape index (κ2) is 6.96. The number of nitrogens with zero attached hydrogens (tertiary/aromatic N) is 2. The highest BCUT2D eigenvalue weighted by atomic mass is 16.4. The highest BCUT2D eigenvalue weighted by Crippen LogP contribution is 2.36. The molecule has 27 heavy (non-hydrogen) atoms. The summed E-state index contributed by atoms with van der Waals surface area (Å²) in [4.78, 5) is 27.0. The fraction of sp³-hybridized carbons (Fsp3) is 0.550. The minimum absolute atomic E-state index is 0.0848. The van der Waals surface area contributed by atoms with Gasteiger partial charge in [-0.05, 0) is 50.8 Å². The van der Waals surface area contributed by atoms with Crippen LogP contribution in [0.15, 0.2) is 21.3 Å². The number of rotatable bonds is 4. The predicted octanol–water partition coefficient (Wildman–Crippen LogP) is 1.92. The number of carbonyl (C=O) groups is 1. The molecule has 2 aromatic rings. The molecule has 2 fully saturated rings. The maximum absolute atomic E-state index is 12.9. The van der Waals surface area contributed by atoms with Gasteiger partial charge in [-0.2, -0.15) is 5.10 Å². The monoisotopic (exact) mass is 371 g/mol. The Hall–Kier alpha value is -2.41. The number of carbonyl (C=O) groups excluding carboxylic acids is 1. The van der Waals surface area contributed by atoms with Gasteiger partial charge >= 0.3 is 5.63 Å². The number of aromatic nitrogens is 2. The number of aliphatic hydroxyl groups excluding tert-OH is 1. The van der Waals surface area contributed by atoms with E-state index in [4.69, 9.17) is 4.42 Å². The van der Waals surface area contributed by atoms with Crippen molar-refractivity contribution in [2.45, 2.75) is 51.6 Å².